The zero-order chi connectivity index (χ0) is 13.7. The third kappa shape index (κ3) is 2.71. The second-order valence-electron chi connectivity index (χ2n) is 3.74. The molecule has 0 heterocycles. The molecule has 5 nitrogen and oxygen atoms in total. The second kappa shape index (κ2) is 5.68. The first-order valence-corrected chi connectivity index (χ1v) is 5.56. The fourth-order valence-electron chi connectivity index (χ4n) is 1.57. The highest BCUT2D eigenvalue weighted by Gasteiger charge is 2.25. The van der Waals surface area contributed by atoms with Gasteiger partial charge in [0.05, 0.1) is 5.29 Å². The lowest BCUT2D eigenvalue weighted by atomic mass is 10.2. The fourth-order valence-corrected chi connectivity index (χ4v) is 1.57. The Balaban J connectivity index is 2.29. The van der Waals surface area contributed by atoms with E-state index in [-0.39, 0.29) is 11.1 Å². The summed E-state index contributed by atoms with van der Waals surface area (Å²) in [5.41, 5.74) is 0.456. The Hall–Kier alpha value is -2.82. The van der Waals surface area contributed by atoms with Gasteiger partial charge in [0.25, 0.3) is 11.8 Å². The molecule has 0 radical (unpaired) electrons. The van der Waals surface area contributed by atoms with E-state index in [0.717, 1.165) is 0 Å². The number of hydrogen-bond donors (Lipinski definition) is 0. The first-order valence-electron chi connectivity index (χ1n) is 5.56. The van der Waals surface area contributed by atoms with Gasteiger partial charge in [0.15, 0.2) is 0 Å². The van der Waals surface area contributed by atoms with E-state index in [1.807, 2.05) is 0 Å². The Morgan fingerprint density at radius 3 is 1.42 bits per heavy atom. The number of nitroso groups, excluding NO2 is 1. The summed E-state index contributed by atoms with van der Waals surface area (Å²) in [4.78, 5) is 34.8. The van der Waals surface area contributed by atoms with Crippen molar-refractivity contribution < 1.29 is 9.59 Å². The van der Waals surface area contributed by atoms with Crippen molar-refractivity contribution in [2.45, 2.75) is 0 Å². The van der Waals surface area contributed by atoms with Crippen molar-refractivity contribution in [3.63, 3.8) is 0 Å². The molecule has 0 bridgehead atoms. The van der Waals surface area contributed by atoms with Crippen molar-refractivity contribution in [2.75, 3.05) is 0 Å². The molecule has 94 valence electrons. The number of rotatable bonds is 3. The molecule has 2 rings (SSSR count). The van der Waals surface area contributed by atoms with Crippen LogP contribution in [-0.4, -0.2) is 16.8 Å². The van der Waals surface area contributed by atoms with Gasteiger partial charge in [-0.1, -0.05) is 36.4 Å². The molecule has 19 heavy (non-hydrogen) atoms. The molecular formula is C14H10N2O3. The zero-order valence-corrected chi connectivity index (χ0v) is 9.89. The molecule has 5 heteroatoms. The highest BCUT2D eigenvalue weighted by atomic mass is 16.3. The molecule has 2 aromatic carbocycles. The van der Waals surface area contributed by atoms with Gasteiger partial charge in [-0.15, -0.1) is 9.92 Å². The van der Waals surface area contributed by atoms with Crippen LogP contribution in [-0.2, 0) is 0 Å². The van der Waals surface area contributed by atoms with Gasteiger partial charge in [-0.2, -0.15) is 0 Å². The summed E-state index contributed by atoms with van der Waals surface area (Å²) in [5, 5.41) is 2.85. The molecule has 0 saturated carbocycles. The predicted octanol–water partition coefficient (Wildman–Crippen LogP) is 2.65. The molecule has 2 amide bonds. The summed E-state index contributed by atoms with van der Waals surface area (Å²) >= 11 is 0. The van der Waals surface area contributed by atoms with Crippen molar-refractivity contribution in [3.8, 4) is 0 Å². The van der Waals surface area contributed by atoms with Crippen LogP contribution in [0.4, 0.5) is 0 Å². The van der Waals surface area contributed by atoms with E-state index >= 15 is 0 Å². The van der Waals surface area contributed by atoms with Gasteiger partial charge >= 0.3 is 0 Å². The molecule has 0 N–H and O–H groups in total. The Kier molecular flexibility index (Phi) is 3.78. The minimum Gasteiger partial charge on any atom is -0.266 e. The van der Waals surface area contributed by atoms with Gasteiger partial charge in [0, 0.05) is 11.1 Å². The summed E-state index contributed by atoms with van der Waals surface area (Å²) in [6.45, 7) is 0. The minimum absolute atomic E-state index is 0.228. The van der Waals surface area contributed by atoms with E-state index in [2.05, 4.69) is 5.29 Å². The smallest absolute Gasteiger partial charge is 0.266 e. The molecule has 0 aliphatic rings. The molecule has 0 aliphatic heterocycles. The number of benzene rings is 2. The summed E-state index contributed by atoms with van der Waals surface area (Å²) in [7, 11) is 0. The van der Waals surface area contributed by atoms with Gasteiger partial charge in [0.2, 0.25) is 0 Å². The van der Waals surface area contributed by atoms with E-state index in [0.29, 0.717) is 5.01 Å². The Bertz CT molecular complexity index is 545. The molecule has 0 aliphatic carbocycles. The van der Waals surface area contributed by atoms with E-state index in [4.69, 9.17) is 0 Å². The van der Waals surface area contributed by atoms with Crippen LogP contribution < -0.4 is 0 Å². The van der Waals surface area contributed by atoms with Crippen molar-refractivity contribution in [1.29, 1.82) is 0 Å². The maximum absolute atomic E-state index is 12.0. The topological polar surface area (TPSA) is 66.8 Å². The normalized spacial score (nSPS) is 9.68. The van der Waals surface area contributed by atoms with Crippen molar-refractivity contribution >= 4 is 11.8 Å². The highest BCUT2D eigenvalue weighted by Crippen LogP contribution is 2.10. The second-order valence-corrected chi connectivity index (χ2v) is 3.74. The lowest BCUT2D eigenvalue weighted by Crippen LogP contribution is -2.31. The van der Waals surface area contributed by atoms with Crippen LogP contribution in [0.1, 0.15) is 20.7 Å². The molecular weight excluding hydrogens is 244 g/mol. The zero-order valence-electron chi connectivity index (χ0n) is 9.89. The van der Waals surface area contributed by atoms with E-state index in [9.17, 15) is 14.5 Å². The van der Waals surface area contributed by atoms with Crippen molar-refractivity contribution in [2.24, 2.45) is 5.29 Å². The van der Waals surface area contributed by atoms with Crippen LogP contribution in [0.2, 0.25) is 0 Å². The average molecular weight is 254 g/mol. The Labute approximate surface area is 109 Å². The standard InChI is InChI=1S/C14H10N2O3/c17-13(11-7-3-1-4-8-11)16(15-19)14(18)12-9-5-2-6-10-12/h1-10H. The molecule has 0 spiro atoms. The SMILES string of the molecule is O=NN(C(=O)c1ccccc1)C(=O)c1ccccc1. The monoisotopic (exact) mass is 254 g/mol. The summed E-state index contributed by atoms with van der Waals surface area (Å²) in [6, 6.07) is 16.1. The third-order valence-corrected chi connectivity index (χ3v) is 2.51. The lowest BCUT2D eigenvalue weighted by molar-refractivity contribution is 0.0617. The minimum atomic E-state index is -0.746. The molecule has 0 atom stereocenters. The number of hydrogen-bond acceptors (Lipinski definition) is 4. The molecule has 0 fully saturated rings. The number of carbonyl (C=O) groups is 2. The average Bonchev–Trinajstić information content (AvgIpc) is 2.49. The lowest BCUT2D eigenvalue weighted by Gasteiger charge is -2.11. The third-order valence-electron chi connectivity index (χ3n) is 2.51. The fraction of sp³-hybridized carbons (Fsp3) is 0. The Morgan fingerprint density at radius 2 is 1.11 bits per heavy atom. The number of carbonyl (C=O) groups excluding carboxylic acids is 2. The van der Waals surface area contributed by atoms with Crippen molar-refractivity contribution in [1.82, 2.24) is 5.01 Å². The first-order chi connectivity index (χ1) is 9.24. The molecule has 0 unspecified atom stereocenters. The molecule has 2 aromatic rings. The number of nitrogens with zero attached hydrogens (tertiary/aromatic N) is 2. The van der Waals surface area contributed by atoms with Gasteiger partial charge in [-0.3, -0.25) is 9.59 Å². The maximum atomic E-state index is 12.0. The molecule has 0 saturated heterocycles. The first kappa shape index (κ1) is 12.6. The van der Waals surface area contributed by atoms with Crippen LogP contribution >= 0.6 is 0 Å². The summed E-state index contributed by atoms with van der Waals surface area (Å²) in [6.07, 6.45) is 0. The maximum Gasteiger partial charge on any atom is 0.284 e. The van der Waals surface area contributed by atoms with Crippen LogP contribution in [0.3, 0.4) is 0 Å². The predicted molar refractivity (Wildman–Crippen MR) is 69.2 cm³/mol. The van der Waals surface area contributed by atoms with E-state index < -0.39 is 11.8 Å². The van der Waals surface area contributed by atoms with Gasteiger partial charge in [0.1, 0.15) is 0 Å². The highest BCUT2D eigenvalue weighted by molar-refractivity contribution is 6.09. The summed E-state index contributed by atoms with van der Waals surface area (Å²) in [5.74, 6) is -1.49. The van der Waals surface area contributed by atoms with Crippen LogP contribution in [0.25, 0.3) is 0 Å². The van der Waals surface area contributed by atoms with E-state index in [1.165, 1.54) is 24.3 Å². The number of imide groups is 1. The van der Waals surface area contributed by atoms with Crippen LogP contribution in [0.5, 0.6) is 0 Å². The summed E-state index contributed by atoms with van der Waals surface area (Å²) < 4.78 is 0. The van der Waals surface area contributed by atoms with Crippen molar-refractivity contribution in [3.05, 3.63) is 76.7 Å². The van der Waals surface area contributed by atoms with Gasteiger partial charge < -0.3 is 0 Å². The van der Waals surface area contributed by atoms with Crippen LogP contribution in [0, 0.1) is 4.91 Å². The quantitative estimate of drug-likeness (QED) is 0.480. The number of amides is 2. The molecule has 0 aromatic heterocycles. The van der Waals surface area contributed by atoms with E-state index in [1.54, 1.807) is 36.4 Å². The van der Waals surface area contributed by atoms with Crippen LogP contribution in [0.15, 0.2) is 65.9 Å². The van der Waals surface area contributed by atoms with Gasteiger partial charge in [-0.05, 0) is 24.3 Å². The largest absolute Gasteiger partial charge is 0.284 e. The Morgan fingerprint density at radius 1 is 0.737 bits per heavy atom. The van der Waals surface area contributed by atoms with Gasteiger partial charge in [-0.25, -0.2) is 0 Å².